The molecule has 1 N–H and O–H groups in total. The lowest BCUT2D eigenvalue weighted by molar-refractivity contribution is 0.0975. The molecule has 0 unspecified atom stereocenters. The Morgan fingerprint density at radius 2 is 2.13 bits per heavy atom. The number of pyridine rings is 1. The molecule has 2 aromatic heterocycles. The number of unbranched alkanes of at least 4 members (excludes halogenated alkanes) is 1. The topological polar surface area (TPSA) is 77.0 Å². The van der Waals surface area contributed by atoms with Crippen LogP contribution in [0, 0.1) is 0 Å². The van der Waals surface area contributed by atoms with Crippen LogP contribution in [0.1, 0.15) is 43.6 Å². The van der Waals surface area contributed by atoms with Gasteiger partial charge in [0.2, 0.25) is 5.88 Å². The van der Waals surface area contributed by atoms with E-state index in [1.165, 1.54) is 0 Å². The second-order valence-electron chi connectivity index (χ2n) is 4.88. The summed E-state index contributed by atoms with van der Waals surface area (Å²) >= 11 is 5.90. The number of halogens is 1. The molecule has 0 radical (unpaired) electrons. The third-order valence-corrected chi connectivity index (χ3v) is 3.25. The summed E-state index contributed by atoms with van der Waals surface area (Å²) in [7, 11) is 0. The lowest BCUT2D eigenvalue weighted by Gasteiger charge is -2.10. The van der Waals surface area contributed by atoms with Crippen molar-refractivity contribution in [3.05, 3.63) is 35.1 Å². The van der Waals surface area contributed by atoms with Crippen molar-refractivity contribution in [1.82, 2.24) is 15.2 Å². The number of Topliss-reactive ketones (excluding diaryl/α,β-unsaturated/α-hetero) is 1. The first kappa shape index (κ1) is 17.1. The van der Waals surface area contributed by atoms with Crippen LogP contribution in [-0.2, 0) is 0 Å². The first-order valence-corrected chi connectivity index (χ1v) is 7.95. The summed E-state index contributed by atoms with van der Waals surface area (Å²) in [6.07, 6.45) is 2.17. The van der Waals surface area contributed by atoms with E-state index in [9.17, 15) is 4.79 Å². The zero-order chi connectivity index (χ0) is 16.7. The van der Waals surface area contributed by atoms with Gasteiger partial charge in [0.05, 0.1) is 12.3 Å². The Kier molecular flexibility index (Phi) is 6.29. The second-order valence-corrected chi connectivity index (χ2v) is 5.26. The van der Waals surface area contributed by atoms with E-state index < -0.39 is 0 Å². The standard InChI is InChI=1S/C16H19ClN4O2/c1-3-5-7-12(22)16-11(10-13(17)20-21-16)18-14-8-6-9-15(19-14)23-4-2/h6,8-10H,3-5,7H2,1-2H3,(H,18,19,20). The fourth-order valence-electron chi connectivity index (χ4n) is 1.98. The molecule has 0 aliphatic carbocycles. The molecule has 0 aliphatic heterocycles. The molecule has 0 saturated carbocycles. The summed E-state index contributed by atoms with van der Waals surface area (Å²) in [6.45, 7) is 4.45. The first-order valence-electron chi connectivity index (χ1n) is 7.57. The molecule has 0 bridgehead atoms. The highest BCUT2D eigenvalue weighted by atomic mass is 35.5. The molecule has 0 fully saturated rings. The van der Waals surface area contributed by atoms with Gasteiger partial charge in [-0.2, -0.15) is 4.98 Å². The number of nitrogens with zero attached hydrogens (tertiary/aromatic N) is 3. The fraction of sp³-hybridized carbons (Fsp3) is 0.375. The minimum atomic E-state index is -0.0699. The number of nitrogens with one attached hydrogen (secondary N) is 1. The van der Waals surface area contributed by atoms with Gasteiger partial charge in [-0.25, -0.2) is 0 Å². The van der Waals surface area contributed by atoms with Gasteiger partial charge in [-0.05, 0) is 19.4 Å². The Balaban J connectivity index is 2.26. The molecular formula is C16H19ClN4O2. The summed E-state index contributed by atoms with van der Waals surface area (Å²) < 4.78 is 5.37. The Morgan fingerprint density at radius 3 is 2.87 bits per heavy atom. The Morgan fingerprint density at radius 1 is 1.30 bits per heavy atom. The third kappa shape index (κ3) is 4.89. The molecule has 2 aromatic rings. The number of hydrogen-bond acceptors (Lipinski definition) is 6. The second kappa shape index (κ2) is 8.43. The summed E-state index contributed by atoms with van der Waals surface area (Å²) in [4.78, 5) is 16.6. The number of aromatic nitrogens is 3. The van der Waals surface area contributed by atoms with Crippen molar-refractivity contribution in [1.29, 1.82) is 0 Å². The maximum absolute atomic E-state index is 12.3. The highest BCUT2D eigenvalue weighted by molar-refractivity contribution is 6.29. The van der Waals surface area contributed by atoms with Crippen molar-refractivity contribution in [3.8, 4) is 5.88 Å². The fourth-order valence-corrected chi connectivity index (χ4v) is 2.12. The molecular weight excluding hydrogens is 316 g/mol. The van der Waals surface area contributed by atoms with Gasteiger partial charge in [-0.3, -0.25) is 4.79 Å². The highest BCUT2D eigenvalue weighted by Crippen LogP contribution is 2.23. The van der Waals surface area contributed by atoms with Crippen molar-refractivity contribution in [3.63, 3.8) is 0 Å². The van der Waals surface area contributed by atoms with Crippen LogP contribution in [0.3, 0.4) is 0 Å². The lowest BCUT2D eigenvalue weighted by atomic mass is 10.1. The normalized spacial score (nSPS) is 10.4. The summed E-state index contributed by atoms with van der Waals surface area (Å²) in [5.74, 6) is 0.980. The summed E-state index contributed by atoms with van der Waals surface area (Å²) in [6, 6.07) is 6.93. The van der Waals surface area contributed by atoms with E-state index in [-0.39, 0.29) is 16.6 Å². The largest absolute Gasteiger partial charge is 0.478 e. The summed E-state index contributed by atoms with van der Waals surface area (Å²) in [5.41, 5.74) is 0.763. The molecule has 23 heavy (non-hydrogen) atoms. The predicted octanol–water partition coefficient (Wildman–Crippen LogP) is 4.04. The van der Waals surface area contributed by atoms with E-state index in [2.05, 4.69) is 20.5 Å². The molecule has 2 rings (SSSR count). The van der Waals surface area contributed by atoms with Gasteiger partial charge >= 0.3 is 0 Å². The van der Waals surface area contributed by atoms with E-state index >= 15 is 0 Å². The maximum atomic E-state index is 12.3. The third-order valence-electron chi connectivity index (χ3n) is 3.06. The molecule has 0 atom stereocenters. The lowest BCUT2D eigenvalue weighted by Crippen LogP contribution is -2.09. The Hall–Kier alpha value is -2.21. The predicted molar refractivity (Wildman–Crippen MR) is 89.6 cm³/mol. The van der Waals surface area contributed by atoms with Crippen LogP contribution in [0.5, 0.6) is 5.88 Å². The van der Waals surface area contributed by atoms with Crippen LogP contribution in [0.25, 0.3) is 0 Å². The molecule has 7 heteroatoms. The van der Waals surface area contributed by atoms with E-state index in [0.29, 0.717) is 30.4 Å². The number of carbonyl (C=O) groups excluding carboxylic acids is 1. The molecule has 0 saturated heterocycles. The molecule has 2 heterocycles. The van der Waals surface area contributed by atoms with Crippen LogP contribution in [0.2, 0.25) is 5.15 Å². The van der Waals surface area contributed by atoms with Crippen molar-refractivity contribution < 1.29 is 9.53 Å². The van der Waals surface area contributed by atoms with Crippen molar-refractivity contribution >= 4 is 28.9 Å². The minimum Gasteiger partial charge on any atom is -0.478 e. The van der Waals surface area contributed by atoms with Gasteiger partial charge in [-0.15, -0.1) is 10.2 Å². The number of hydrogen-bond donors (Lipinski definition) is 1. The van der Waals surface area contributed by atoms with Crippen LogP contribution in [-0.4, -0.2) is 27.6 Å². The molecule has 0 amide bonds. The highest BCUT2D eigenvalue weighted by Gasteiger charge is 2.15. The number of rotatable bonds is 8. The monoisotopic (exact) mass is 334 g/mol. The average Bonchev–Trinajstić information content (AvgIpc) is 2.53. The van der Waals surface area contributed by atoms with Gasteiger partial charge in [0.1, 0.15) is 5.82 Å². The van der Waals surface area contributed by atoms with Crippen LogP contribution < -0.4 is 10.1 Å². The molecule has 122 valence electrons. The molecule has 0 aromatic carbocycles. The molecule has 0 spiro atoms. The SMILES string of the molecule is CCCCC(=O)c1nnc(Cl)cc1Nc1cccc(OCC)n1. The van der Waals surface area contributed by atoms with Crippen molar-refractivity contribution in [2.45, 2.75) is 33.1 Å². The smallest absolute Gasteiger partial charge is 0.215 e. The number of ether oxygens (including phenoxy) is 1. The van der Waals surface area contributed by atoms with Gasteiger partial charge in [0.25, 0.3) is 0 Å². The van der Waals surface area contributed by atoms with Crippen LogP contribution >= 0.6 is 11.6 Å². The Labute approximate surface area is 140 Å². The zero-order valence-corrected chi connectivity index (χ0v) is 13.9. The average molecular weight is 335 g/mol. The number of anilines is 2. The summed E-state index contributed by atoms with van der Waals surface area (Å²) in [5, 5.41) is 11.0. The van der Waals surface area contributed by atoms with E-state index in [1.807, 2.05) is 19.9 Å². The molecule has 0 aliphatic rings. The minimum absolute atomic E-state index is 0.0699. The zero-order valence-electron chi connectivity index (χ0n) is 13.2. The van der Waals surface area contributed by atoms with E-state index in [0.717, 1.165) is 12.8 Å². The van der Waals surface area contributed by atoms with Crippen molar-refractivity contribution in [2.75, 3.05) is 11.9 Å². The van der Waals surface area contributed by atoms with Gasteiger partial charge in [0, 0.05) is 18.6 Å². The van der Waals surface area contributed by atoms with Gasteiger partial charge < -0.3 is 10.1 Å². The first-order chi connectivity index (χ1) is 11.1. The maximum Gasteiger partial charge on any atom is 0.215 e. The van der Waals surface area contributed by atoms with E-state index in [1.54, 1.807) is 18.2 Å². The Bertz CT molecular complexity index is 679. The van der Waals surface area contributed by atoms with Gasteiger partial charge in [0.15, 0.2) is 16.6 Å². The van der Waals surface area contributed by atoms with Gasteiger partial charge in [-0.1, -0.05) is 31.0 Å². The van der Waals surface area contributed by atoms with Crippen LogP contribution in [0.4, 0.5) is 11.5 Å². The van der Waals surface area contributed by atoms with Crippen molar-refractivity contribution in [2.24, 2.45) is 0 Å². The van der Waals surface area contributed by atoms with E-state index in [4.69, 9.17) is 16.3 Å². The van der Waals surface area contributed by atoms with Crippen LogP contribution in [0.15, 0.2) is 24.3 Å². The number of ketones is 1. The number of carbonyl (C=O) groups is 1. The molecule has 6 nitrogen and oxygen atoms in total. The quantitative estimate of drug-likeness (QED) is 0.734.